The third-order valence-corrected chi connectivity index (χ3v) is 3.21. The number of halogens is 1. The van der Waals surface area contributed by atoms with Gasteiger partial charge in [-0.05, 0) is 12.8 Å². The first-order chi connectivity index (χ1) is 7.38. The Kier molecular flexibility index (Phi) is 4.67. The van der Waals surface area contributed by atoms with Gasteiger partial charge in [0.05, 0.1) is 5.92 Å². The summed E-state index contributed by atoms with van der Waals surface area (Å²) >= 11 is 0. The first-order valence-corrected chi connectivity index (χ1v) is 6.79. The number of carbonyl (C=O) groups excluding carboxylic acids is 1. The maximum absolute atomic E-state index is 12.9. The molecular weight excluding hydrogens is 239 g/mol. The minimum atomic E-state index is -4.45. The van der Waals surface area contributed by atoms with Crippen LogP contribution in [0.1, 0.15) is 32.1 Å². The van der Waals surface area contributed by atoms with Gasteiger partial charge in [-0.25, -0.2) is 4.39 Å². The number of rotatable bonds is 4. The summed E-state index contributed by atoms with van der Waals surface area (Å²) in [7, 11) is -4.45. The highest BCUT2D eigenvalue weighted by Crippen LogP contribution is 2.25. The lowest BCUT2D eigenvalue weighted by atomic mass is 9.89. The van der Waals surface area contributed by atoms with Crippen LogP contribution in [0.3, 0.4) is 0 Å². The van der Waals surface area contributed by atoms with Crippen LogP contribution >= 0.6 is 0 Å². The van der Waals surface area contributed by atoms with E-state index in [-0.39, 0.29) is 5.92 Å². The van der Waals surface area contributed by atoms with E-state index < -0.39 is 28.2 Å². The molecule has 1 saturated carbocycles. The fourth-order valence-electron chi connectivity index (χ4n) is 1.76. The van der Waals surface area contributed by atoms with Gasteiger partial charge in [0.1, 0.15) is 5.75 Å². The summed E-state index contributed by atoms with van der Waals surface area (Å²) in [5.74, 6) is -2.25. The molecule has 0 bridgehead atoms. The molecule has 94 valence electrons. The van der Waals surface area contributed by atoms with Gasteiger partial charge in [0.2, 0.25) is 0 Å². The highest BCUT2D eigenvalue weighted by molar-refractivity contribution is 7.85. The zero-order chi connectivity index (χ0) is 12.2. The number of hydrogen-bond acceptors (Lipinski definition) is 4. The third kappa shape index (κ3) is 4.89. The molecule has 1 rings (SSSR count). The second kappa shape index (κ2) is 5.58. The molecular formula is C9H15FO5S. The van der Waals surface area contributed by atoms with Crippen LogP contribution in [0.2, 0.25) is 0 Å². The maximum atomic E-state index is 12.9. The average Bonchev–Trinajstić information content (AvgIpc) is 2.16. The number of esters is 1. The SMILES string of the molecule is O=C(OC(F)CS(=O)(=O)O)C1CCCCC1. The van der Waals surface area contributed by atoms with Crippen molar-refractivity contribution >= 4 is 16.1 Å². The summed E-state index contributed by atoms with van der Waals surface area (Å²) in [6.07, 6.45) is 1.86. The Morgan fingerprint density at radius 3 is 2.44 bits per heavy atom. The Labute approximate surface area is 93.7 Å². The van der Waals surface area contributed by atoms with Crippen molar-refractivity contribution in [2.75, 3.05) is 5.75 Å². The fraction of sp³-hybridized carbons (Fsp3) is 0.889. The highest BCUT2D eigenvalue weighted by atomic mass is 32.2. The van der Waals surface area contributed by atoms with Gasteiger partial charge in [0.15, 0.2) is 0 Å². The normalized spacial score (nSPS) is 20.4. The molecule has 1 N–H and O–H groups in total. The Morgan fingerprint density at radius 2 is 1.94 bits per heavy atom. The minimum absolute atomic E-state index is 0.339. The van der Waals surface area contributed by atoms with E-state index in [1.807, 2.05) is 0 Å². The molecule has 1 aliphatic rings. The topological polar surface area (TPSA) is 80.7 Å². The molecule has 0 aromatic carbocycles. The maximum Gasteiger partial charge on any atom is 0.311 e. The Bertz CT molecular complexity index is 334. The van der Waals surface area contributed by atoms with Crippen LogP contribution in [-0.2, 0) is 19.6 Å². The molecule has 0 heterocycles. The lowest BCUT2D eigenvalue weighted by molar-refractivity contribution is -0.161. The third-order valence-electron chi connectivity index (χ3n) is 2.52. The first-order valence-electron chi connectivity index (χ1n) is 5.18. The van der Waals surface area contributed by atoms with Crippen LogP contribution < -0.4 is 0 Å². The molecule has 5 nitrogen and oxygen atoms in total. The van der Waals surface area contributed by atoms with E-state index in [9.17, 15) is 17.6 Å². The Balaban J connectivity index is 2.38. The summed E-state index contributed by atoms with van der Waals surface area (Å²) in [6, 6.07) is 0. The van der Waals surface area contributed by atoms with Crippen LogP contribution in [0.4, 0.5) is 4.39 Å². The van der Waals surface area contributed by atoms with Crippen molar-refractivity contribution in [2.45, 2.75) is 38.5 Å². The number of hydrogen-bond donors (Lipinski definition) is 1. The summed E-state index contributed by atoms with van der Waals surface area (Å²) in [6.45, 7) is 0. The standard InChI is InChI=1S/C9H15FO5S/c10-8(6-16(12,13)14)15-9(11)7-4-2-1-3-5-7/h7-8H,1-6H2,(H,12,13,14). The minimum Gasteiger partial charge on any atom is -0.430 e. The smallest absolute Gasteiger partial charge is 0.311 e. The van der Waals surface area contributed by atoms with Gasteiger partial charge < -0.3 is 4.74 Å². The van der Waals surface area contributed by atoms with Crippen molar-refractivity contribution in [1.29, 1.82) is 0 Å². The van der Waals surface area contributed by atoms with E-state index in [0.717, 1.165) is 19.3 Å². The lowest BCUT2D eigenvalue weighted by Crippen LogP contribution is -2.27. The highest BCUT2D eigenvalue weighted by Gasteiger charge is 2.27. The molecule has 1 fully saturated rings. The predicted molar refractivity (Wildman–Crippen MR) is 54.0 cm³/mol. The van der Waals surface area contributed by atoms with Crippen LogP contribution in [0.15, 0.2) is 0 Å². The monoisotopic (exact) mass is 254 g/mol. The van der Waals surface area contributed by atoms with E-state index in [0.29, 0.717) is 12.8 Å². The lowest BCUT2D eigenvalue weighted by Gasteiger charge is -2.20. The van der Waals surface area contributed by atoms with Crippen molar-refractivity contribution in [3.8, 4) is 0 Å². The summed E-state index contributed by atoms with van der Waals surface area (Å²) < 4.78 is 46.2. The van der Waals surface area contributed by atoms with Crippen LogP contribution in [-0.4, -0.2) is 31.1 Å². The van der Waals surface area contributed by atoms with Gasteiger partial charge in [0, 0.05) is 0 Å². The molecule has 16 heavy (non-hydrogen) atoms. The van der Waals surface area contributed by atoms with Gasteiger partial charge in [-0.3, -0.25) is 9.35 Å². The first kappa shape index (κ1) is 13.4. The van der Waals surface area contributed by atoms with E-state index in [4.69, 9.17) is 4.55 Å². The van der Waals surface area contributed by atoms with Crippen LogP contribution in [0.5, 0.6) is 0 Å². The quantitative estimate of drug-likeness (QED) is 0.604. The van der Waals surface area contributed by atoms with E-state index >= 15 is 0 Å². The molecule has 0 spiro atoms. The van der Waals surface area contributed by atoms with Gasteiger partial charge in [-0.15, -0.1) is 0 Å². The zero-order valence-corrected chi connectivity index (χ0v) is 9.58. The Hall–Kier alpha value is -0.690. The summed E-state index contributed by atoms with van der Waals surface area (Å²) in [4.78, 5) is 11.4. The van der Waals surface area contributed by atoms with Crippen molar-refractivity contribution in [3.05, 3.63) is 0 Å². The molecule has 0 aromatic heterocycles. The second-order valence-electron chi connectivity index (χ2n) is 3.93. The molecule has 0 amide bonds. The molecule has 1 unspecified atom stereocenters. The second-order valence-corrected chi connectivity index (χ2v) is 5.43. The zero-order valence-electron chi connectivity index (χ0n) is 8.76. The van der Waals surface area contributed by atoms with Gasteiger partial charge >= 0.3 is 5.97 Å². The van der Waals surface area contributed by atoms with Gasteiger partial charge in [0.25, 0.3) is 16.5 Å². The predicted octanol–water partition coefficient (Wildman–Crippen LogP) is 1.29. The number of alkyl halides is 1. The number of ether oxygens (including phenoxy) is 1. The molecule has 7 heteroatoms. The van der Waals surface area contributed by atoms with Crippen molar-refractivity contribution in [3.63, 3.8) is 0 Å². The largest absolute Gasteiger partial charge is 0.430 e. The van der Waals surface area contributed by atoms with Gasteiger partial charge in [-0.1, -0.05) is 19.3 Å². The number of carbonyl (C=O) groups is 1. The molecule has 0 aromatic rings. The fourth-order valence-corrected chi connectivity index (χ4v) is 2.16. The van der Waals surface area contributed by atoms with E-state index in [1.54, 1.807) is 0 Å². The van der Waals surface area contributed by atoms with Crippen molar-refractivity contribution < 1.29 is 26.9 Å². The molecule has 1 atom stereocenters. The Morgan fingerprint density at radius 1 is 1.38 bits per heavy atom. The van der Waals surface area contributed by atoms with E-state index in [1.165, 1.54) is 0 Å². The summed E-state index contributed by atoms with van der Waals surface area (Å²) in [5, 5.41) is 0. The van der Waals surface area contributed by atoms with E-state index in [2.05, 4.69) is 4.74 Å². The van der Waals surface area contributed by atoms with Crippen molar-refractivity contribution in [1.82, 2.24) is 0 Å². The summed E-state index contributed by atoms with van der Waals surface area (Å²) in [5.41, 5.74) is 0. The van der Waals surface area contributed by atoms with Crippen LogP contribution in [0.25, 0.3) is 0 Å². The average molecular weight is 254 g/mol. The molecule has 0 saturated heterocycles. The molecule has 1 aliphatic carbocycles. The molecule has 0 aliphatic heterocycles. The van der Waals surface area contributed by atoms with Crippen LogP contribution in [0, 0.1) is 5.92 Å². The van der Waals surface area contributed by atoms with Gasteiger partial charge in [-0.2, -0.15) is 8.42 Å². The van der Waals surface area contributed by atoms with Crippen molar-refractivity contribution in [2.24, 2.45) is 5.92 Å². The molecule has 0 radical (unpaired) electrons.